The van der Waals surface area contributed by atoms with E-state index in [1.54, 1.807) is 17.4 Å². The number of thiophene rings is 1. The van der Waals surface area contributed by atoms with E-state index >= 15 is 0 Å². The number of allylic oxidation sites excluding steroid dienone is 1. The van der Waals surface area contributed by atoms with Gasteiger partial charge in [-0.05, 0) is 115 Å². The van der Waals surface area contributed by atoms with E-state index in [4.69, 9.17) is 5.73 Å². The van der Waals surface area contributed by atoms with Crippen molar-refractivity contribution >= 4 is 28.9 Å². The minimum absolute atomic E-state index is 0.0648. The summed E-state index contributed by atoms with van der Waals surface area (Å²) in [6.07, 6.45) is 12.8. The lowest BCUT2D eigenvalue weighted by atomic mass is 9.49. The van der Waals surface area contributed by atoms with E-state index in [0.717, 1.165) is 41.0 Å². The number of hydrogen-bond donors (Lipinski definition) is 1. The Morgan fingerprint density at radius 2 is 1.73 bits per heavy atom. The number of hydrogen-bond acceptors (Lipinski definition) is 4. The standard InChI is InChI=1S/C33H38N2OS/c1-35(22-33-18-25-13-26(19-33)15-27(14-25)20-33)21-24-6-4-23(5-7-24)8-11-30(36)16-28-9-10-29(17-31(28)34)32-3-2-12-37-32/h2-12,17,25-27H,13-16,18-22,34H2,1H3/b11-8+. The minimum atomic E-state index is 0.0648. The van der Waals surface area contributed by atoms with E-state index < -0.39 is 0 Å². The number of rotatable bonds is 9. The van der Waals surface area contributed by atoms with E-state index in [-0.39, 0.29) is 5.78 Å². The largest absolute Gasteiger partial charge is 0.398 e. The maximum Gasteiger partial charge on any atom is 0.160 e. The van der Waals surface area contributed by atoms with Crippen LogP contribution in [0.4, 0.5) is 5.69 Å². The normalized spacial score (nSPS) is 26.4. The van der Waals surface area contributed by atoms with E-state index in [0.29, 0.717) is 17.5 Å². The number of nitrogens with zero attached hydrogens (tertiary/aromatic N) is 1. The van der Waals surface area contributed by atoms with E-state index in [9.17, 15) is 4.79 Å². The molecule has 4 aliphatic carbocycles. The zero-order valence-corrected chi connectivity index (χ0v) is 22.7. The Labute approximate surface area is 225 Å². The van der Waals surface area contributed by atoms with E-state index in [1.165, 1.54) is 55.5 Å². The first-order valence-electron chi connectivity index (χ1n) is 13.8. The molecule has 37 heavy (non-hydrogen) atoms. The molecule has 7 rings (SSSR count). The zero-order valence-electron chi connectivity index (χ0n) is 21.9. The summed E-state index contributed by atoms with van der Waals surface area (Å²) in [7, 11) is 2.30. The Morgan fingerprint density at radius 3 is 2.35 bits per heavy atom. The number of anilines is 1. The molecule has 0 amide bonds. The van der Waals surface area contributed by atoms with Crippen LogP contribution in [0.25, 0.3) is 16.5 Å². The van der Waals surface area contributed by atoms with Crippen LogP contribution >= 0.6 is 11.3 Å². The lowest BCUT2D eigenvalue weighted by Gasteiger charge is -2.57. The molecule has 0 aliphatic heterocycles. The van der Waals surface area contributed by atoms with Crippen LogP contribution in [-0.2, 0) is 17.8 Å². The van der Waals surface area contributed by atoms with Gasteiger partial charge in [-0.2, -0.15) is 0 Å². The van der Waals surface area contributed by atoms with Gasteiger partial charge in [0.25, 0.3) is 0 Å². The summed E-state index contributed by atoms with van der Waals surface area (Å²) < 4.78 is 0. The zero-order chi connectivity index (χ0) is 25.4. The van der Waals surface area contributed by atoms with Crippen LogP contribution in [0.5, 0.6) is 0 Å². The van der Waals surface area contributed by atoms with Crippen LogP contribution < -0.4 is 5.73 Å². The van der Waals surface area contributed by atoms with Crippen molar-refractivity contribution in [3.8, 4) is 10.4 Å². The molecule has 0 spiro atoms. The first-order chi connectivity index (χ1) is 17.9. The summed E-state index contributed by atoms with van der Waals surface area (Å²) in [5.74, 6) is 3.09. The van der Waals surface area contributed by atoms with Crippen molar-refractivity contribution in [2.75, 3.05) is 19.3 Å². The Morgan fingerprint density at radius 1 is 1.03 bits per heavy atom. The van der Waals surface area contributed by atoms with Crippen LogP contribution in [0.2, 0.25) is 0 Å². The second kappa shape index (κ2) is 10.2. The number of carbonyl (C=O) groups excluding carboxylic acids is 1. The average molecular weight is 511 g/mol. The van der Waals surface area contributed by atoms with Gasteiger partial charge in [0, 0.05) is 30.1 Å². The van der Waals surface area contributed by atoms with Gasteiger partial charge in [-0.15, -0.1) is 11.3 Å². The summed E-state index contributed by atoms with van der Waals surface area (Å²) in [5.41, 5.74) is 11.9. The highest BCUT2D eigenvalue weighted by Gasteiger charge is 2.50. The molecule has 3 nitrogen and oxygen atoms in total. The van der Waals surface area contributed by atoms with Crippen LogP contribution in [0.3, 0.4) is 0 Å². The molecule has 4 heteroatoms. The van der Waals surface area contributed by atoms with Crippen LogP contribution in [-0.4, -0.2) is 24.3 Å². The van der Waals surface area contributed by atoms with Crippen molar-refractivity contribution in [3.05, 3.63) is 82.7 Å². The summed E-state index contributed by atoms with van der Waals surface area (Å²) in [5, 5.41) is 2.06. The van der Waals surface area contributed by atoms with Gasteiger partial charge in [-0.3, -0.25) is 4.79 Å². The van der Waals surface area contributed by atoms with Gasteiger partial charge in [0.15, 0.2) is 5.78 Å². The number of carbonyl (C=O) groups is 1. The molecule has 3 aromatic rings. The Bertz CT molecular complexity index is 1240. The quantitative estimate of drug-likeness (QED) is 0.240. The molecule has 2 N–H and O–H groups in total. The first kappa shape index (κ1) is 24.6. The van der Waals surface area contributed by atoms with Gasteiger partial charge in [-0.25, -0.2) is 0 Å². The van der Waals surface area contributed by atoms with E-state index in [2.05, 4.69) is 47.7 Å². The maximum absolute atomic E-state index is 12.6. The number of nitrogens with two attached hydrogens (primary N) is 1. The molecule has 1 aromatic heterocycles. The average Bonchev–Trinajstić information content (AvgIpc) is 3.39. The maximum atomic E-state index is 12.6. The van der Waals surface area contributed by atoms with Crippen LogP contribution in [0.15, 0.2) is 66.1 Å². The third-order valence-electron chi connectivity index (χ3n) is 8.98. The fourth-order valence-corrected chi connectivity index (χ4v) is 8.67. The Kier molecular flexibility index (Phi) is 6.81. The fourth-order valence-electron chi connectivity index (χ4n) is 7.95. The highest BCUT2D eigenvalue weighted by Crippen LogP contribution is 2.60. The molecular weight excluding hydrogens is 472 g/mol. The molecule has 4 aliphatic rings. The van der Waals surface area contributed by atoms with E-state index in [1.807, 2.05) is 30.3 Å². The highest BCUT2D eigenvalue weighted by atomic mass is 32.1. The molecule has 4 fully saturated rings. The highest BCUT2D eigenvalue weighted by molar-refractivity contribution is 7.13. The van der Waals surface area contributed by atoms with Gasteiger partial charge in [0.05, 0.1) is 0 Å². The molecule has 0 unspecified atom stereocenters. The van der Waals surface area contributed by atoms with Gasteiger partial charge in [-0.1, -0.05) is 48.5 Å². The van der Waals surface area contributed by atoms with Gasteiger partial charge in [0.1, 0.15) is 0 Å². The second-order valence-corrected chi connectivity index (χ2v) is 13.1. The second-order valence-electron chi connectivity index (χ2n) is 12.2. The molecule has 1 heterocycles. The summed E-state index contributed by atoms with van der Waals surface area (Å²) >= 11 is 1.69. The molecule has 4 saturated carbocycles. The fraction of sp³-hybridized carbons (Fsp3) is 0.424. The molecule has 192 valence electrons. The van der Waals surface area contributed by atoms with Crippen molar-refractivity contribution in [2.24, 2.45) is 23.2 Å². The predicted molar refractivity (Wildman–Crippen MR) is 155 cm³/mol. The predicted octanol–water partition coefficient (Wildman–Crippen LogP) is 7.47. The van der Waals surface area contributed by atoms with Gasteiger partial charge in [0.2, 0.25) is 0 Å². The Hall–Kier alpha value is -2.69. The van der Waals surface area contributed by atoms with Crippen molar-refractivity contribution in [3.63, 3.8) is 0 Å². The molecule has 4 bridgehead atoms. The molecule has 0 saturated heterocycles. The summed E-state index contributed by atoms with van der Waals surface area (Å²) in [4.78, 5) is 16.4. The topological polar surface area (TPSA) is 46.3 Å². The van der Waals surface area contributed by atoms with Crippen LogP contribution in [0, 0.1) is 23.2 Å². The number of benzene rings is 2. The monoisotopic (exact) mass is 510 g/mol. The molecule has 0 radical (unpaired) electrons. The van der Waals surface area contributed by atoms with Crippen LogP contribution in [0.1, 0.15) is 55.2 Å². The lowest BCUT2D eigenvalue weighted by molar-refractivity contribution is -0.113. The summed E-state index contributed by atoms with van der Waals surface area (Å²) in [6, 6.07) is 18.8. The Balaban J connectivity index is 1.02. The van der Waals surface area contributed by atoms with Gasteiger partial charge >= 0.3 is 0 Å². The lowest BCUT2D eigenvalue weighted by Crippen LogP contribution is -2.50. The third kappa shape index (κ3) is 5.61. The van der Waals surface area contributed by atoms with Crippen molar-refractivity contribution in [2.45, 2.75) is 51.5 Å². The molecule has 0 atom stereocenters. The summed E-state index contributed by atoms with van der Waals surface area (Å²) in [6.45, 7) is 2.23. The number of nitrogen functional groups attached to an aromatic ring is 1. The third-order valence-corrected chi connectivity index (χ3v) is 9.90. The first-order valence-corrected chi connectivity index (χ1v) is 14.7. The minimum Gasteiger partial charge on any atom is -0.398 e. The smallest absolute Gasteiger partial charge is 0.160 e. The van der Waals surface area contributed by atoms with Crippen molar-refractivity contribution in [1.82, 2.24) is 4.90 Å². The van der Waals surface area contributed by atoms with Crippen molar-refractivity contribution in [1.29, 1.82) is 0 Å². The number of ketones is 1. The SMILES string of the molecule is CN(Cc1ccc(/C=C/C(=O)Cc2ccc(-c3cccs3)cc2N)cc1)CC12CC3CC(CC(C3)C1)C2. The molecular formula is C33H38N2OS. The van der Waals surface area contributed by atoms with Gasteiger partial charge < -0.3 is 10.6 Å². The van der Waals surface area contributed by atoms with Crippen molar-refractivity contribution < 1.29 is 4.79 Å². The molecule has 2 aromatic carbocycles.